The molecule has 4 nitrogen and oxygen atoms in total. The molecule has 0 fully saturated rings. The van der Waals surface area contributed by atoms with Crippen molar-refractivity contribution in [1.82, 2.24) is 10.2 Å². The van der Waals surface area contributed by atoms with Gasteiger partial charge in [-0.3, -0.25) is 9.89 Å². The van der Waals surface area contributed by atoms with E-state index in [-0.39, 0.29) is 5.91 Å². The summed E-state index contributed by atoms with van der Waals surface area (Å²) in [5.41, 5.74) is 2.42. The van der Waals surface area contributed by atoms with Crippen molar-refractivity contribution in [2.45, 2.75) is 19.8 Å². The molecule has 0 saturated heterocycles. The molecular weight excluding hydrogens is 214 g/mol. The lowest BCUT2D eigenvalue weighted by molar-refractivity contribution is 0.102. The largest absolute Gasteiger partial charge is 0.321 e. The monoisotopic (exact) mass is 229 g/mol. The number of anilines is 1. The van der Waals surface area contributed by atoms with Gasteiger partial charge >= 0.3 is 0 Å². The molecule has 1 heterocycles. The number of amides is 1. The van der Waals surface area contributed by atoms with Gasteiger partial charge in [-0.15, -0.1) is 0 Å². The number of aromatic amines is 1. The van der Waals surface area contributed by atoms with Gasteiger partial charge in [0.05, 0.1) is 0 Å². The van der Waals surface area contributed by atoms with E-state index in [2.05, 4.69) is 29.4 Å². The van der Waals surface area contributed by atoms with Crippen molar-refractivity contribution in [2.24, 2.45) is 0 Å². The van der Waals surface area contributed by atoms with Crippen molar-refractivity contribution in [2.75, 3.05) is 5.32 Å². The smallest absolute Gasteiger partial charge is 0.276 e. The molecule has 1 aromatic carbocycles. The summed E-state index contributed by atoms with van der Waals surface area (Å²) in [6.45, 7) is 4.27. The highest BCUT2D eigenvalue weighted by Gasteiger charge is 2.07. The van der Waals surface area contributed by atoms with Crippen molar-refractivity contribution in [3.8, 4) is 0 Å². The molecule has 0 atom stereocenters. The Balaban J connectivity index is 2.07. The third-order valence-electron chi connectivity index (χ3n) is 2.57. The van der Waals surface area contributed by atoms with Crippen LogP contribution < -0.4 is 5.32 Å². The van der Waals surface area contributed by atoms with E-state index in [0.29, 0.717) is 11.6 Å². The van der Waals surface area contributed by atoms with E-state index in [0.717, 1.165) is 5.69 Å². The maximum atomic E-state index is 11.7. The molecular formula is C13H15N3O. The van der Waals surface area contributed by atoms with Gasteiger partial charge in [0.25, 0.3) is 5.91 Å². The van der Waals surface area contributed by atoms with Gasteiger partial charge in [0, 0.05) is 11.9 Å². The lowest BCUT2D eigenvalue weighted by Gasteiger charge is -2.07. The highest BCUT2D eigenvalue weighted by Crippen LogP contribution is 2.17. The fraction of sp³-hybridized carbons (Fsp3) is 0.231. The van der Waals surface area contributed by atoms with Crippen LogP contribution in [0.5, 0.6) is 0 Å². The topological polar surface area (TPSA) is 57.8 Å². The number of nitrogens with zero attached hydrogens (tertiary/aromatic N) is 1. The number of H-pyrrole nitrogens is 1. The lowest BCUT2D eigenvalue weighted by atomic mass is 10.0. The fourth-order valence-corrected chi connectivity index (χ4v) is 1.53. The zero-order chi connectivity index (χ0) is 12.3. The Labute approximate surface area is 100 Å². The van der Waals surface area contributed by atoms with Crippen molar-refractivity contribution in [1.29, 1.82) is 0 Å². The standard InChI is InChI=1S/C13H15N3O/c1-9(2)10-3-5-11(6-4-10)15-13(17)12-7-8-14-16-12/h3-9H,1-2H3,(H,14,16)(H,15,17). The molecule has 0 radical (unpaired) electrons. The van der Waals surface area contributed by atoms with Crippen molar-refractivity contribution in [3.63, 3.8) is 0 Å². The van der Waals surface area contributed by atoms with Gasteiger partial charge in [-0.1, -0.05) is 26.0 Å². The lowest BCUT2D eigenvalue weighted by Crippen LogP contribution is -2.12. The van der Waals surface area contributed by atoms with Crippen LogP contribution in [0.25, 0.3) is 0 Å². The first kappa shape index (κ1) is 11.4. The normalized spacial score (nSPS) is 10.5. The minimum Gasteiger partial charge on any atom is -0.321 e. The molecule has 0 bridgehead atoms. The van der Waals surface area contributed by atoms with Gasteiger partial charge in [-0.2, -0.15) is 5.10 Å². The second-order valence-electron chi connectivity index (χ2n) is 4.19. The molecule has 0 unspecified atom stereocenters. The molecule has 4 heteroatoms. The Hall–Kier alpha value is -2.10. The van der Waals surface area contributed by atoms with E-state index in [1.807, 2.05) is 24.3 Å². The maximum Gasteiger partial charge on any atom is 0.276 e. The Morgan fingerprint density at radius 3 is 2.47 bits per heavy atom. The second kappa shape index (κ2) is 4.82. The van der Waals surface area contributed by atoms with Gasteiger partial charge in [-0.05, 0) is 29.7 Å². The van der Waals surface area contributed by atoms with E-state index in [9.17, 15) is 4.79 Å². The average Bonchev–Trinajstić information content (AvgIpc) is 2.83. The van der Waals surface area contributed by atoms with Crippen LogP contribution in [0.15, 0.2) is 36.5 Å². The Bertz CT molecular complexity index is 486. The number of hydrogen-bond donors (Lipinski definition) is 2. The molecule has 0 saturated carbocycles. The van der Waals surface area contributed by atoms with Gasteiger partial charge < -0.3 is 5.32 Å². The van der Waals surface area contributed by atoms with E-state index >= 15 is 0 Å². The van der Waals surface area contributed by atoms with Crippen LogP contribution in [-0.2, 0) is 0 Å². The summed E-state index contributed by atoms with van der Waals surface area (Å²) in [4.78, 5) is 11.7. The summed E-state index contributed by atoms with van der Waals surface area (Å²) in [5.74, 6) is 0.287. The van der Waals surface area contributed by atoms with Gasteiger partial charge in [0.15, 0.2) is 0 Å². The molecule has 1 aromatic heterocycles. The van der Waals surface area contributed by atoms with E-state index < -0.39 is 0 Å². The molecule has 0 aliphatic rings. The first-order chi connectivity index (χ1) is 8.16. The Kier molecular flexibility index (Phi) is 3.23. The Morgan fingerprint density at radius 1 is 1.24 bits per heavy atom. The summed E-state index contributed by atoms with van der Waals surface area (Å²) >= 11 is 0. The minimum atomic E-state index is -0.205. The minimum absolute atomic E-state index is 0.205. The summed E-state index contributed by atoms with van der Waals surface area (Å²) in [7, 11) is 0. The van der Waals surface area contributed by atoms with Crippen LogP contribution in [0.2, 0.25) is 0 Å². The highest BCUT2D eigenvalue weighted by molar-refractivity contribution is 6.02. The summed E-state index contributed by atoms with van der Waals surface area (Å²) in [6.07, 6.45) is 1.62. The number of nitrogens with one attached hydrogen (secondary N) is 2. The molecule has 2 rings (SSSR count). The molecule has 0 spiro atoms. The molecule has 17 heavy (non-hydrogen) atoms. The van der Waals surface area contributed by atoms with Crippen LogP contribution >= 0.6 is 0 Å². The quantitative estimate of drug-likeness (QED) is 0.850. The second-order valence-corrected chi connectivity index (χ2v) is 4.19. The summed E-state index contributed by atoms with van der Waals surface area (Å²) < 4.78 is 0. The number of carbonyl (C=O) groups excluding carboxylic acids is 1. The van der Waals surface area contributed by atoms with Crippen molar-refractivity contribution < 1.29 is 4.79 Å². The Morgan fingerprint density at radius 2 is 1.94 bits per heavy atom. The first-order valence-corrected chi connectivity index (χ1v) is 5.58. The molecule has 2 N–H and O–H groups in total. The van der Waals surface area contributed by atoms with Crippen LogP contribution in [0, 0.1) is 0 Å². The van der Waals surface area contributed by atoms with Crippen LogP contribution in [0.3, 0.4) is 0 Å². The fourth-order valence-electron chi connectivity index (χ4n) is 1.53. The SMILES string of the molecule is CC(C)c1ccc(NC(=O)c2cc[nH]n2)cc1. The molecule has 0 aliphatic heterocycles. The number of aromatic nitrogens is 2. The molecule has 0 aliphatic carbocycles. The third kappa shape index (κ3) is 2.72. The van der Waals surface area contributed by atoms with E-state index in [1.165, 1.54) is 5.56 Å². The number of benzene rings is 1. The molecule has 88 valence electrons. The summed E-state index contributed by atoms with van der Waals surface area (Å²) in [6, 6.07) is 9.48. The van der Waals surface area contributed by atoms with Gasteiger partial charge in [0.1, 0.15) is 5.69 Å². The molecule has 2 aromatic rings. The van der Waals surface area contributed by atoms with Crippen LogP contribution in [0.1, 0.15) is 35.8 Å². The van der Waals surface area contributed by atoms with Gasteiger partial charge in [-0.25, -0.2) is 0 Å². The third-order valence-corrected chi connectivity index (χ3v) is 2.57. The molecule has 1 amide bonds. The number of rotatable bonds is 3. The van der Waals surface area contributed by atoms with Gasteiger partial charge in [0.2, 0.25) is 0 Å². The predicted octanol–water partition coefficient (Wildman–Crippen LogP) is 2.79. The average molecular weight is 229 g/mol. The zero-order valence-electron chi connectivity index (χ0n) is 9.90. The number of hydrogen-bond acceptors (Lipinski definition) is 2. The van der Waals surface area contributed by atoms with Crippen LogP contribution in [0.4, 0.5) is 5.69 Å². The maximum absolute atomic E-state index is 11.7. The van der Waals surface area contributed by atoms with E-state index in [1.54, 1.807) is 12.3 Å². The van der Waals surface area contributed by atoms with Crippen LogP contribution in [-0.4, -0.2) is 16.1 Å². The summed E-state index contributed by atoms with van der Waals surface area (Å²) in [5, 5.41) is 9.22. The van der Waals surface area contributed by atoms with E-state index in [4.69, 9.17) is 0 Å². The first-order valence-electron chi connectivity index (χ1n) is 5.58. The highest BCUT2D eigenvalue weighted by atomic mass is 16.1. The van der Waals surface area contributed by atoms with Crippen molar-refractivity contribution in [3.05, 3.63) is 47.8 Å². The van der Waals surface area contributed by atoms with Crippen molar-refractivity contribution >= 4 is 11.6 Å². The predicted molar refractivity (Wildman–Crippen MR) is 67.1 cm³/mol. The number of carbonyl (C=O) groups is 1. The zero-order valence-corrected chi connectivity index (χ0v) is 9.90.